The maximum Gasteiger partial charge on any atom is 0.233 e. The maximum absolute atomic E-state index is 11.8. The van der Waals surface area contributed by atoms with Crippen LogP contribution in [0.2, 0.25) is 0 Å². The lowest BCUT2D eigenvalue weighted by atomic mass is 10.2. The van der Waals surface area contributed by atoms with Gasteiger partial charge in [0.25, 0.3) is 0 Å². The molecule has 0 radical (unpaired) electrons. The summed E-state index contributed by atoms with van der Waals surface area (Å²) in [6.07, 6.45) is 1.94. The van der Waals surface area contributed by atoms with Crippen LogP contribution in [0.15, 0.2) is 24.3 Å². The molecule has 0 aliphatic rings. The second kappa shape index (κ2) is 9.39. The molecular weight excluding hydrogens is 336 g/mol. The molecule has 0 bridgehead atoms. The number of hydrogen-bond acceptors (Lipinski definition) is 3. The second-order valence-electron chi connectivity index (χ2n) is 4.58. The fourth-order valence-electron chi connectivity index (χ4n) is 1.72. The van der Waals surface area contributed by atoms with E-state index in [0.29, 0.717) is 18.0 Å². The second-order valence-corrected chi connectivity index (χ2v) is 5.68. The predicted octanol–water partition coefficient (Wildman–Crippen LogP) is 2.70. The first-order chi connectivity index (χ1) is 10.1. The molecule has 0 spiro atoms. The summed E-state index contributed by atoms with van der Waals surface area (Å²) in [5.41, 5.74) is 0.676. The first-order valence-corrected chi connectivity index (χ1v) is 7.84. The van der Waals surface area contributed by atoms with Crippen LogP contribution in [-0.2, 0) is 9.59 Å². The van der Waals surface area contributed by atoms with Crippen LogP contribution in [-0.4, -0.2) is 30.3 Å². The van der Waals surface area contributed by atoms with E-state index in [1.807, 2.05) is 6.92 Å². The highest BCUT2D eigenvalue weighted by Gasteiger charge is 2.13. The normalized spacial score (nSPS) is 11.6. The third kappa shape index (κ3) is 6.62. The molecule has 0 unspecified atom stereocenters. The molecule has 1 aromatic rings. The number of nitrogens with one attached hydrogen (secondary N) is 2. The first kappa shape index (κ1) is 17.5. The van der Waals surface area contributed by atoms with Crippen molar-refractivity contribution in [2.75, 3.05) is 19.0 Å². The fourth-order valence-corrected chi connectivity index (χ4v) is 2.34. The highest BCUT2D eigenvalue weighted by Crippen LogP contribution is 2.16. The number of carbonyl (C=O) groups excluding carboxylic acids is 2. The van der Waals surface area contributed by atoms with Gasteiger partial charge < -0.3 is 15.4 Å². The summed E-state index contributed by atoms with van der Waals surface area (Å²) in [4.78, 5) is 23.2. The number of carbonyl (C=O) groups is 2. The van der Waals surface area contributed by atoms with Crippen LogP contribution in [0, 0.1) is 0 Å². The molecule has 1 rings (SSSR count). The molecule has 5 nitrogen and oxygen atoms in total. The van der Waals surface area contributed by atoms with Crippen LogP contribution in [0.3, 0.4) is 0 Å². The number of anilines is 1. The van der Waals surface area contributed by atoms with Crippen molar-refractivity contribution in [3.05, 3.63) is 24.3 Å². The Bertz CT molecular complexity index is 480. The van der Waals surface area contributed by atoms with Crippen molar-refractivity contribution < 1.29 is 14.3 Å². The summed E-state index contributed by atoms with van der Waals surface area (Å²) in [7, 11) is 1.57. The molecule has 0 aliphatic carbocycles. The third-order valence-electron chi connectivity index (χ3n) is 2.83. The van der Waals surface area contributed by atoms with Gasteiger partial charge in [-0.15, -0.1) is 0 Å². The number of hydrogen-bond donors (Lipinski definition) is 2. The van der Waals surface area contributed by atoms with Gasteiger partial charge in [0.2, 0.25) is 11.8 Å². The minimum atomic E-state index is -0.191. The van der Waals surface area contributed by atoms with Crippen molar-refractivity contribution in [3.8, 4) is 5.75 Å². The van der Waals surface area contributed by atoms with Crippen LogP contribution in [0.5, 0.6) is 5.75 Å². The van der Waals surface area contributed by atoms with E-state index < -0.39 is 0 Å². The van der Waals surface area contributed by atoms with Crippen molar-refractivity contribution in [2.24, 2.45) is 0 Å². The van der Waals surface area contributed by atoms with E-state index >= 15 is 0 Å². The molecule has 0 heterocycles. The van der Waals surface area contributed by atoms with Gasteiger partial charge in [-0.3, -0.25) is 9.59 Å². The van der Waals surface area contributed by atoms with Crippen molar-refractivity contribution >= 4 is 33.4 Å². The molecule has 2 amide bonds. The molecule has 6 heteroatoms. The van der Waals surface area contributed by atoms with Gasteiger partial charge in [0.15, 0.2) is 0 Å². The van der Waals surface area contributed by atoms with Crippen LogP contribution in [0.4, 0.5) is 5.69 Å². The van der Waals surface area contributed by atoms with Crippen molar-refractivity contribution in [3.63, 3.8) is 0 Å². The smallest absolute Gasteiger partial charge is 0.233 e. The minimum absolute atomic E-state index is 0.0777. The number of halogens is 1. The van der Waals surface area contributed by atoms with Crippen molar-refractivity contribution in [1.29, 1.82) is 0 Å². The number of rotatable bonds is 8. The lowest BCUT2D eigenvalue weighted by Gasteiger charge is -2.10. The van der Waals surface area contributed by atoms with Crippen LogP contribution >= 0.6 is 15.9 Å². The van der Waals surface area contributed by atoms with Crippen molar-refractivity contribution in [2.45, 2.75) is 31.0 Å². The SMILES string of the molecule is CCC[C@H](Br)C(=O)NCCC(=O)Nc1cccc(OC)c1. The van der Waals surface area contributed by atoms with Crippen LogP contribution in [0.1, 0.15) is 26.2 Å². The fraction of sp³-hybridized carbons (Fsp3) is 0.467. The molecule has 0 aliphatic heterocycles. The molecule has 0 fully saturated rings. The van der Waals surface area contributed by atoms with Gasteiger partial charge in [-0.05, 0) is 18.6 Å². The Kier molecular flexibility index (Phi) is 7.82. The average Bonchev–Trinajstić information content (AvgIpc) is 2.47. The molecule has 0 saturated heterocycles. The number of benzene rings is 1. The molecule has 0 aromatic heterocycles. The quantitative estimate of drug-likeness (QED) is 0.703. The monoisotopic (exact) mass is 356 g/mol. The van der Waals surface area contributed by atoms with E-state index in [1.165, 1.54) is 0 Å². The summed E-state index contributed by atoms with van der Waals surface area (Å²) in [6.45, 7) is 2.34. The van der Waals surface area contributed by atoms with E-state index in [9.17, 15) is 9.59 Å². The standard InChI is InChI=1S/C15H21BrN2O3/c1-3-5-13(16)15(20)17-9-8-14(19)18-11-6-4-7-12(10-11)21-2/h4,6-7,10,13H,3,5,8-9H2,1-2H3,(H,17,20)(H,18,19)/t13-/m0/s1. The third-order valence-corrected chi connectivity index (χ3v) is 3.71. The molecule has 2 N–H and O–H groups in total. The van der Waals surface area contributed by atoms with Crippen LogP contribution in [0.25, 0.3) is 0 Å². The summed E-state index contributed by atoms with van der Waals surface area (Å²) >= 11 is 3.31. The van der Waals surface area contributed by atoms with Crippen molar-refractivity contribution in [1.82, 2.24) is 5.32 Å². The molecular formula is C15H21BrN2O3. The Hall–Kier alpha value is -1.56. The number of alkyl halides is 1. The molecule has 1 atom stereocenters. The summed E-state index contributed by atoms with van der Waals surface area (Å²) in [5.74, 6) is 0.457. The Morgan fingerprint density at radius 3 is 2.81 bits per heavy atom. The molecule has 21 heavy (non-hydrogen) atoms. The zero-order valence-corrected chi connectivity index (χ0v) is 13.9. The van der Waals surface area contributed by atoms with E-state index in [4.69, 9.17) is 4.74 Å². The lowest BCUT2D eigenvalue weighted by Crippen LogP contribution is -2.33. The highest BCUT2D eigenvalue weighted by atomic mass is 79.9. The summed E-state index contributed by atoms with van der Waals surface area (Å²) < 4.78 is 5.08. The zero-order valence-electron chi connectivity index (χ0n) is 12.3. The number of methoxy groups -OCH3 is 1. The molecule has 1 aromatic carbocycles. The van der Waals surface area contributed by atoms with Crippen LogP contribution < -0.4 is 15.4 Å². The summed E-state index contributed by atoms with van der Waals surface area (Å²) in [6, 6.07) is 7.14. The van der Waals surface area contributed by atoms with Gasteiger partial charge in [0.05, 0.1) is 11.9 Å². The van der Waals surface area contributed by atoms with E-state index in [-0.39, 0.29) is 23.1 Å². The average molecular weight is 357 g/mol. The molecule has 0 saturated carbocycles. The number of ether oxygens (including phenoxy) is 1. The van der Waals surface area contributed by atoms with Gasteiger partial charge in [-0.1, -0.05) is 35.3 Å². The topological polar surface area (TPSA) is 67.4 Å². The summed E-state index contributed by atoms with van der Waals surface area (Å²) in [5, 5.41) is 5.50. The van der Waals surface area contributed by atoms with E-state index in [0.717, 1.165) is 12.8 Å². The minimum Gasteiger partial charge on any atom is -0.497 e. The number of amides is 2. The van der Waals surface area contributed by atoms with E-state index in [1.54, 1.807) is 31.4 Å². The first-order valence-electron chi connectivity index (χ1n) is 6.92. The Labute approximate surface area is 133 Å². The lowest BCUT2D eigenvalue weighted by molar-refractivity contribution is -0.120. The Morgan fingerprint density at radius 2 is 2.14 bits per heavy atom. The largest absolute Gasteiger partial charge is 0.497 e. The van der Waals surface area contributed by atoms with Gasteiger partial charge >= 0.3 is 0 Å². The van der Waals surface area contributed by atoms with E-state index in [2.05, 4.69) is 26.6 Å². The Morgan fingerprint density at radius 1 is 1.38 bits per heavy atom. The van der Waals surface area contributed by atoms with Gasteiger partial charge in [-0.2, -0.15) is 0 Å². The highest BCUT2D eigenvalue weighted by molar-refractivity contribution is 9.10. The van der Waals surface area contributed by atoms with Gasteiger partial charge in [-0.25, -0.2) is 0 Å². The Balaban J connectivity index is 2.32. The zero-order chi connectivity index (χ0) is 15.7. The van der Waals surface area contributed by atoms with Gasteiger partial charge in [0, 0.05) is 24.7 Å². The molecule has 116 valence electrons. The van der Waals surface area contributed by atoms with Gasteiger partial charge in [0.1, 0.15) is 5.75 Å². The maximum atomic E-state index is 11.8. The predicted molar refractivity (Wildman–Crippen MR) is 86.9 cm³/mol.